The molecule has 0 bridgehead atoms. The zero-order chi connectivity index (χ0) is 28.6. The first-order valence-corrected chi connectivity index (χ1v) is 12.6. The largest absolute Gasteiger partial charge is 0.515 e. The molecule has 0 atom stereocenters. The van der Waals surface area contributed by atoms with Crippen LogP contribution in [-0.4, -0.2) is 61.4 Å². The van der Waals surface area contributed by atoms with Crippen LogP contribution in [-0.2, 0) is 36.4 Å². The lowest BCUT2D eigenvalue weighted by Crippen LogP contribution is -2.32. The lowest BCUT2D eigenvalue weighted by atomic mass is 9.71. The van der Waals surface area contributed by atoms with Crippen molar-refractivity contribution in [2.45, 2.75) is 60.8 Å². The van der Waals surface area contributed by atoms with Gasteiger partial charge in [-0.05, 0) is 32.1 Å². The highest BCUT2D eigenvalue weighted by atomic mass is 16.5. The van der Waals surface area contributed by atoms with Gasteiger partial charge < -0.3 is 14.6 Å². The Morgan fingerprint density at radius 1 is 0.868 bits per heavy atom. The van der Waals surface area contributed by atoms with E-state index >= 15 is 0 Å². The van der Waals surface area contributed by atoms with Gasteiger partial charge in [-0.1, -0.05) is 27.7 Å². The van der Waals surface area contributed by atoms with E-state index in [2.05, 4.69) is 10.2 Å². The number of ether oxygens (including phenoxy) is 2. The van der Waals surface area contributed by atoms with Gasteiger partial charge in [0.1, 0.15) is 11.4 Å². The molecule has 0 aliphatic heterocycles. The third-order valence-electron chi connectivity index (χ3n) is 6.72. The average Bonchev–Trinajstić information content (AvgIpc) is 3.29. The number of esters is 2. The van der Waals surface area contributed by atoms with Gasteiger partial charge in [0.25, 0.3) is 0 Å². The van der Waals surface area contributed by atoms with Gasteiger partial charge in [0.2, 0.25) is 5.78 Å². The van der Waals surface area contributed by atoms with Crippen molar-refractivity contribution in [3.8, 4) is 0 Å². The van der Waals surface area contributed by atoms with Gasteiger partial charge in [-0.15, -0.1) is 0 Å². The van der Waals surface area contributed by atoms with Gasteiger partial charge in [0, 0.05) is 42.6 Å². The number of allylic oxidation sites excluding steroid dienone is 1. The van der Waals surface area contributed by atoms with Gasteiger partial charge in [-0.2, -0.15) is 10.2 Å². The van der Waals surface area contributed by atoms with E-state index in [4.69, 9.17) is 9.47 Å². The van der Waals surface area contributed by atoms with Gasteiger partial charge in [0.15, 0.2) is 17.2 Å². The van der Waals surface area contributed by atoms with E-state index in [0.29, 0.717) is 48.4 Å². The molecule has 2 aliphatic rings. The maximum absolute atomic E-state index is 12.4. The fraction of sp³-hybridized carbons (Fsp3) is 0.556. The summed E-state index contributed by atoms with van der Waals surface area (Å²) in [5.74, 6) is -1.22. The highest BCUT2D eigenvalue weighted by Gasteiger charge is 2.42. The van der Waals surface area contributed by atoms with Crippen molar-refractivity contribution in [3.05, 3.63) is 45.7 Å². The number of carbonyl (C=O) groups is 4. The van der Waals surface area contributed by atoms with E-state index in [0.717, 1.165) is 11.8 Å². The Labute approximate surface area is 221 Å². The Balaban J connectivity index is 0.000000212. The molecule has 11 heteroatoms. The first kappa shape index (κ1) is 28.8. The van der Waals surface area contributed by atoms with E-state index in [1.807, 2.05) is 27.7 Å². The Morgan fingerprint density at radius 2 is 1.34 bits per heavy atom. The van der Waals surface area contributed by atoms with Gasteiger partial charge in [0.05, 0.1) is 19.5 Å². The zero-order valence-electron chi connectivity index (χ0n) is 23.3. The number of aryl methyl sites for hydroxylation is 2. The summed E-state index contributed by atoms with van der Waals surface area (Å²) >= 11 is 0. The van der Waals surface area contributed by atoms with Gasteiger partial charge in [-0.3, -0.25) is 19.0 Å². The first-order chi connectivity index (χ1) is 17.7. The lowest BCUT2D eigenvalue weighted by molar-refractivity contribution is 0.0507. The van der Waals surface area contributed by atoms with Crippen LogP contribution < -0.4 is 0 Å². The zero-order valence-corrected chi connectivity index (χ0v) is 23.3. The number of rotatable bonds is 4. The predicted octanol–water partition coefficient (Wildman–Crippen LogP) is 3.56. The van der Waals surface area contributed by atoms with Gasteiger partial charge >= 0.3 is 11.9 Å². The first-order valence-electron chi connectivity index (χ1n) is 12.6. The second kappa shape index (κ2) is 10.5. The fourth-order valence-corrected chi connectivity index (χ4v) is 5.10. The molecule has 0 saturated carbocycles. The summed E-state index contributed by atoms with van der Waals surface area (Å²) in [5, 5.41) is 17.6. The van der Waals surface area contributed by atoms with Crippen LogP contribution in [0.3, 0.4) is 0 Å². The highest BCUT2D eigenvalue weighted by molar-refractivity contribution is 6.12. The average molecular weight is 529 g/mol. The Hall–Kier alpha value is -3.76. The molecule has 0 amide bonds. The van der Waals surface area contributed by atoms with Crippen LogP contribution in [0.4, 0.5) is 0 Å². The van der Waals surface area contributed by atoms with E-state index in [1.54, 1.807) is 27.9 Å². The van der Waals surface area contributed by atoms with E-state index in [9.17, 15) is 24.3 Å². The summed E-state index contributed by atoms with van der Waals surface area (Å²) < 4.78 is 12.8. The number of hydrogen-bond acceptors (Lipinski definition) is 9. The molecule has 2 aromatic heterocycles. The quantitative estimate of drug-likeness (QED) is 0.358. The molecule has 206 valence electrons. The topological polar surface area (TPSA) is 143 Å². The predicted molar refractivity (Wildman–Crippen MR) is 137 cm³/mol. The SMILES string of the molecule is CCOC(=O)c1nn(C)c2c1CC(C)(C)/C(=C/O)C2=O.CCOC(=O)c1nn(C)c2c1CC(C)(C)CC2=O. The van der Waals surface area contributed by atoms with Crippen LogP contribution in [0.1, 0.15) is 101 Å². The molecule has 0 radical (unpaired) electrons. The second-order valence-corrected chi connectivity index (χ2v) is 10.9. The molecule has 2 aliphatic carbocycles. The molecular formula is C27H36N4O7. The van der Waals surface area contributed by atoms with Crippen molar-refractivity contribution < 1.29 is 33.8 Å². The molecule has 2 heterocycles. The lowest BCUT2D eigenvalue weighted by Gasteiger charge is -2.31. The number of aromatic nitrogens is 4. The molecule has 0 unspecified atom stereocenters. The molecule has 38 heavy (non-hydrogen) atoms. The summed E-state index contributed by atoms with van der Waals surface area (Å²) in [6.07, 6.45) is 2.46. The van der Waals surface area contributed by atoms with Gasteiger partial charge in [-0.25, -0.2) is 9.59 Å². The van der Waals surface area contributed by atoms with Crippen molar-refractivity contribution in [1.29, 1.82) is 0 Å². The molecule has 0 aromatic carbocycles. The van der Waals surface area contributed by atoms with Crippen LogP contribution >= 0.6 is 0 Å². The fourth-order valence-electron chi connectivity index (χ4n) is 5.10. The van der Waals surface area contributed by atoms with Crippen molar-refractivity contribution in [1.82, 2.24) is 19.6 Å². The number of Topliss-reactive ketones (excluding diaryl/α,β-unsaturated/α-hetero) is 2. The monoisotopic (exact) mass is 528 g/mol. The highest BCUT2D eigenvalue weighted by Crippen LogP contribution is 2.40. The summed E-state index contributed by atoms with van der Waals surface area (Å²) in [5.41, 5.74) is 2.33. The van der Waals surface area contributed by atoms with E-state index < -0.39 is 17.4 Å². The Bertz CT molecular complexity index is 1330. The maximum atomic E-state index is 12.4. The second-order valence-electron chi connectivity index (χ2n) is 10.9. The smallest absolute Gasteiger partial charge is 0.359 e. The van der Waals surface area contributed by atoms with Crippen LogP contribution in [0.5, 0.6) is 0 Å². The summed E-state index contributed by atoms with van der Waals surface area (Å²) in [6.45, 7) is 11.8. The van der Waals surface area contributed by atoms with Crippen LogP contribution in [0.25, 0.3) is 0 Å². The molecule has 0 fully saturated rings. The van der Waals surface area contributed by atoms with Crippen LogP contribution in [0.15, 0.2) is 11.8 Å². The molecule has 11 nitrogen and oxygen atoms in total. The number of hydrogen-bond donors (Lipinski definition) is 1. The summed E-state index contributed by atoms with van der Waals surface area (Å²) in [4.78, 5) is 48.3. The van der Waals surface area contributed by atoms with Crippen molar-refractivity contribution in [2.75, 3.05) is 13.2 Å². The third kappa shape index (κ3) is 5.27. The normalized spacial score (nSPS) is 18.3. The number of aliphatic hydroxyl groups is 1. The van der Waals surface area contributed by atoms with Crippen molar-refractivity contribution in [2.24, 2.45) is 24.9 Å². The van der Waals surface area contributed by atoms with E-state index in [-0.39, 0.29) is 35.0 Å². The Kier molecular flexibility index (Phi) is 7.99. The number of aliphatic hydroxyl groups excluding tert-OH is 1. The number of carbonyl (C=O) groups excluding carboxylic acids is 4. The summed E-state index contributed by atoms with van der Waals surface area (Å²) in [7, 11) is 3.30. The van der Waals surface area contributed by atoms with Crippen LogP contribution in [0, 0.1) is 10.8 Å². The molecule has 1 N–H and O–H groups in total. The molecule has 4 rings (SSSR count). The van der Waals surface area contributed by atoms with Crippen molar-refractivity contribution >= 4 is 23.5 Å². The number of ketones is 2. The Morgan fingerprint density at radius 3 is 1.82 bits per heavy atom. The minimum atomic E-state index is -0.552. The minimum Gasteiger partial charge on any atom is -0.515 e. The standard InChI is InChI=1S/C14H18N2O4.C13H18N2O3/c1-5-20-13(19)10-8-6-14(2,3)9(7-17)12(18)11(8)16(4)15-10;1-5-18-12(17)10-8-6-13(2,3)7-9(16)11(8)15(4)14-10/h7,17H,5-6H2,1-4H3;5-7H2,1-4H3/b9-7+;. The molecule has 0 saturated heterocycles. The maximum Gasteiger partial charge on any atom is 0.359 e. The number of fused-ring (bicyclic) bond motifs is 2. The number of nitrogens with zero attached hydrogens (tertiary/aromatic N) is 4. The van der Waals surface area contributed by atoms with E-state index in [1.165, 1.54) is 9.36 Å². The van der Waals surface area contributed by atoms with Crippen molar-refractivity contribution in [3.63, 3.8) is 0 Å². The minimum absolute atomic E-state index is 0.0480. The molecule has 2 aromatic rings. The van der Waals surface area contributed by atoms with Crippen LogP contribution in [0.2, 0.25) is 0 Å². The molecule has 0 spiro atoms. The third-order valence-corrected chi connectivity index (χ3v) is 6.72. The summed E-state index contributed by atoms with van der Waals surface area (Å²) in [6, 6.07) is 0. The molecular weight excluding hydrogens is 492 g/mol.